The fraction of sp³-hybridized carbons (Fsp3) is 0.357. The van der Waals surface area contributed by atoms with E-state index in [1.807, 2.05) is 0 Å². The maximum atomic E-state index is 11.4. The van der Waals surface area contributed by atoms with Crippen molar-refractivity contribution >= 4 is 5.78 Å². The van der Waals surface area contributed by atoms with Gasteiger partial charge in [-0.25, -0.2) is 0 Å². The second-order valence-corrected chi connectivity index (χ2v) is 3.57. The zero-order chi connectivity index (χ0) is 12.7. The van der Waals surface area contributed by atoms with Gasteiger partial charge >= 0.3 is 0 Å². The van der Waals surface area contributed by atoms with Crippen LogP contribution in [0, 0.1) is 12.3 Å². The highest BCUT2D eigenvalue weighted by molar-refractivity contribution is 5.97. The number of ketones is 1. The van der Waals surface area contributed by atoms with Crippen LogP contribution in [0.5, 0.6) is 11.5 Å². The summed E-state index contributed by atoms with van der Waals surface area (Å²) in [7, 11) is 1.57. The van der Waals surface area contributed by atoms with E-state index >= 15 is 0 Å². The molecule has 0 heterocycles. The molecule has 0 fully saturated rings. The molecule has 0 bridgehead atoms. The Morgan fingerprint density at radius 3 is 2.82 bits per heavy atom. The Hall–Kier alpha value is -1.95. The Morgan fingerprint density at radius 1 is 1.47 bits per heavy atom. The second-order valence-electron chi connectivity index (χ2n) is 3.57. The molecule has 0 unspecified atom stereocenters. The Labute approximate surface area is 102 Å². The molecule has 0 spiro atoms. The average molecular weight is 232 g/mol. The number of terminal acetylenes is 1. The van der Waals surface area contributed by atoms with E-state index in [4.69, 9.17) is 15.9 Å². The summed E-state index contributed by atoms with van der Waals surface area (Å²) in [5.41, 5.74) is 0.562. The van der Waals surface area contributed by atoms with E-state index in [1.54, 1.807) is 25.3 Å². The molecule has 17 heavy (non-hydrogen) atoms. The molecule has 1 aromatic rings. The zero-order valence-corrected chi connectivity index (χ0v) is 10.2. The third-order valence-electron chi connectivity index (χ3n) is 2.29. The van der Waals surface area contributed by atoms with Crippen LogP contribution in [-0.2, 0) is 0 Å². The van der Waals surface area contributed by atoms with Crippen molar-refractivity contribution in [1.82, 2.24) is 0 Å². The van der Waals surface area contributed by atoms with Gasteiger partial charge in [0.15, 0.2) is 5.78 Å². The summed E-state index contributed by atoms with van der Waals surface area (Å²) in [5.74, 6) is 3.73. The predicted molar refractivity (Wildman–Crippen MR) is 66.6 cm³/mol. The Morgan fingerprint density at radius 2 is 2.24 bits per heavy atom. The van der Waals surface area contributed by atoms with Gasteiger partial charge in [-0.1, -0.05) is 0 Å². The molecule has 0 aliphatic rings. The van der Waals surface area contributed by atoms with Crippen molar-refractivity contribution in [2.75, 3.05) is 13.7 Å². The maximum Gasteiger partial charge on any atom is 0.163 e. The van der Waals surface area contributed by atoms with Gasteiger partial charge in [-0.3, -0.25) is 4.79 Å². The molecule has 0 N–H and O–H groups in total. The molecule has 0 aliphatic carbocycles. The summed E-state index contributed by atoms with van der Waals surface area (Å²) in [6, 6.07) is 5.16. The molecule has 0 saturated heterocycles. The van der Waals surface area contributed by atoms with Crippen LogP contribution in [0.1, 0.15) is 30.1 Å². The summed E-state index contributed by atoms with van der Waals surface area (Å²) in [6.45, 7) is 2.01. The lowest BCUT2D eigenvalue weighted by Crippen LogP contribution is -2.03. The van der Waals surface area contributed by atoms with Gasteiger partial charge in [-0.2, -0.15) is 0 Å². The second kappa shape index (κ2) is 6.59. The molecule has 0 amide bonds. The van der Waals surface area contributed by atoms with Crippen molar-refractivity contribution in [1.29, 1.82) is 0 Å². The molecule has 1 rings (SSSR count). The first kappa shape index (κ1) is 13.1. The van der Waals surface area contributed by atoms with Crippen LogP contribution in [0.25, 0.3) is 0 Å². The van der Waals surface area contributed by atoms with Crippen LogP contribution in [0.15, 0.2) is 18.2 Å². The Kier molecular flexibility index (Phi) is 5.09. The van der Waals surface area contributed by atoms with Gasteiger partial charge in [0.2, 0.25) is 0 Å². The number of carbonyl (C=O) groups is 1. The van der Waals surface area contributed by atoms with E-state index in [0.717, 1.165) is 6.42 Å². The Bertz CT molecular complexity index is 430. The number of ether oxygens (including phenoxy) is 2. The molecular formula is C14H16O3. The first-order valence-electron chi connectivity index (χ1n) is 5.44. The van der Waals surface area contributed by atoms with Crippen molar-refractivity contribution in [2.45, 2.75) is 19.8 Å². The summed E-state index contributed by atoms with van der Waals surface area (Å²) < 4.78 is 10.6. The maximum absolute atomic E-state index is 11.4. The first-order valence-corrected chi connectivity index (χ1v) is 5.44. The minimum Gasteiger partial charge on any atom is -0.497 e. The van der Waals surface area contributed by atoms with Gasteiger partial charge in [0.1, 0.15) is 11.5 Å². The third-order valence-corrected chi connectivity index (χ3v) is 2.29. The lowest BCUT2D eigenvalue weighted by atomic mass is 10.1. The SMILES string of the molecule is C#CCCCOc1cc(OC)ccc1C(C)=O. The summed E-state index contributed by atoms with van der Waals surface area (Å²) >= 11 is 0. The molecule has 0 atom stereocenters. The van der Waals surface area contributed by atoms with Crippen molar-refractivity contribution in [3.63, 3.8) is 0 Å². The molecule has 90 valence electrons. The molecule has 1 aromatic carbocycles. The molecule has 0 aliphatic heterocycles. The lowest BCUT2D eigenvalue weighted by molar-refractivity contribution is 0.101. The fourth-order valence-corrected chi connectivity index (χ4v) is 1.40. The number of hydrogen-bond donors (Lipinski definition) is 0. The van der Waals surface area contributed by atoms with Crippen LogP contribution in [0.4, 0.5) is 0 Å². The van der Waals surface area contributed by atoms with E-state index < -0.39 is 0 Å². The molecular weight excluding hydrogens is 216 g/mol. The largest absolute Gasteiger partial charge is 0.497 e. The van der Waals surface area contributed by atoms with Crippen molar-refractivity contribution in [2.24, 2.45) is 0 Å². The van der Waals surface area contributed by atoms with Gasteiger partial charge in [0.05, 0.1) is 19.3 Å². The van der Waals surface area contributed by atoms with E-state index in [2.05, 4.69) is 5.92 Å². The monoisotopic (exact) mass is 232 g/mol. The number of carbonyl (C=O) groups excluding carboxylic acids is 1. The highest BCUT2D eigenvalue weighted by Gasteiger charge is 2.09. The normalized spacial score (nSPS) is 9.47. The summed E-state index contributed by atoms with van der Waals surface area (Å²) in [5, 5.41) is 0. The quantitative estimate of drug-likeness (QED) is 0.430. The highest BCUT2D eigenvalue weighted by atomic mass is 16.5. The van der Waals surface area contributed by atoms with Gasteiger partial charge < -0.3 is 9.47 Å². The molecule has 0 saturated carbocycles. The number of unbranched alkanes of at least 4 members (excludes halogenated alkanes) is 1. The predicted octanol–water partition coefficient (Wildman–Crippen LogP) is 2.69. The average Bonchev–Trinajstić information content (AvgIpc) is 2.34. The van der Waals surface area contributed by atoms with E-state index in [9.17, 15) is 4.79 Å². The summed E-state index contributed by atoms with van der Waals surface area (Å²) in [6.07, 6.45) is 6.59. The van der Waals surface area contributed by atoms with E-state index in [-0.39, 0.29) is 5.78 Å². The minimum absolute atomic E-state index is 0.0281. The highest BCUT2D eigenvalue weighted by Crippen LogP contribution is 2.25. The first-order chi connectivity index (χ1) is 8.19. The number of methoxy groups -OCH3 is 1. The molecule has 0 radical (unpaired) electrons. The van der Waals surface area contributed by atoms with E-state index in [0.29, 0.717) is 30.1 Å². The van der Waals surface area contributed by atoms with Gasteiger partial charge in [-0.15, -0.1) is 12.3 Å². The topological polar surface area (TPSA) is 35.5 Å². The van der Waals surface area contributed by atoms with Crippen LogP contribution in [0.3, 0.4) is 0 Å². The zero-order valence-electron chi connectivity index (χ0n) is 10.2. The molecule has 3 nitrogen and oxygen atoms in total. The van der Waals surface area contributed by atoms with Crippen LogP contribution < -0.4 is 9.47 Å². The number of benzene rings is 1. The third kappa shape index (κ3) is 3.84. The smallest absolute Gasteiger partial charge is 0.163 e. The van der Waals surface area contributed by atoms with Crippen LogP contribution in [0.2, 0.25) is 0 Å². The van der Waals surface area contributed by atoms with Gasteiger partial charge in [0.25, 0.3) is 0 Å². The molecule has 0 aromatic heterocycles. The molecule has 3 heteroatoms. The van der Waals surface area contributed by atoms with E-state index in [1.165, 1.54) is 6.92 Å². The number of Topliss-reactive ketones (excluding diaryl/α,β-unsaturated/α-hetero) is 1. The lowest BCUT2D eigenvalue weighted by Gasteiger charge is -2.10. The number of hydrogen-bond acceptors (Lipinski definition) is 3. The van der Waals surface area contributed by atoms with Crippen LogP contribution in [-0.4, -0.2) is 19.5 Å². The fourth-order valence-electron chi connectivity index (χ4n) is 1.40. The van der Waals surface area contributed by atoms with Gasteiger partial charge in [-0.05, 0) is 25.5 Å². The summed E-state index contributed by atoms with van der Waals surface area (Å²) in [4.78, 5) is 11.4. The van der Waals surface area contributed by atoms with Crippen molar-refractivity contribution in [3.8, 4) is 23.8 Å². The van der Waals surface area contributed by atoms with Gasteiger partial charge in [0, 0.05) is 12.5 Å². The van der Waals surface area contributed by atoms with Crippen molar-refractivity contribution < 1.29 is 14.3 Å². The Balaban J connectivity index is 2.79. The van der Waals surface area contributed by atoms with Crippen molar-refractivity contribution in [3.05, 3.63) is 23.8 Å². The van der Waals surface area contributed by atoms with Crippen LogP contribution >= 0.6 is 0 Å². The standard InChI is InChI=1S/C14H16O3/c1-4-5-6-9-17-14-10-12(16-3)7-8-13(14)11(2)15/h1,7-8,10H,5-6,9H2,2-3H3. The number of rotatable bonds is 6. The minimum atomic E-state index is -0.0281.